The molecule has 2 N–H and O–H groups in total. The van der Waals surface area contributed by atoms with E-state index in [4.69, 9.17) is 0 Å². The molecular weight excluding hydrogens is 354 g/mol. The normalized spacial score (nSPS) is 18.4. The minimum atomic E-state index is -0.955. The van der Waals surface area contributed by atoms with Crippen molar-refractivity contribution in [3.63, 3.8) is 0 Å². The van der Waals surface area contributed by atoms with Crippen LogP contribution in [0.15, 0.2) is 18.2 Å². The van der Waals surface area contributed by atoms with Crippen LogP contribution in [0.1, 0.15) is 42.5 Å². The lowest BCUT2D eigenvalue weighted by Gasteiger charge is -2.30. The molecule has 144 valence electrons. The van der Waals surface area contributed by atoms with Gasteiger partial charge in [0.05, 0.1) is 4.92 Å². The Labute approximate surface area is 155 Å². The van der Waals surface area contributed by atoms with Crippen LogP contribution in [0.2, 0.25) is 0 Å². The molecule has 1 aromatic carbocycles. The minimum absolute atomic E-state index is 0.0162. The summed E-state index contributed by atoms with van der Waals surface area (Å²) in [5.41, 5.74) is 1.40. The quantitative estimate of drug-likeness (QED) is 0.467. The molecule has 2 aliphatic rings. The summed E-state index contributed by atoms with van der Waals surface area (Å²) >= 11 is 0. The van der Waals surface area contributed by atoms with E-state index >= 15 is 0 Å². The number of carbonyl (C=O) groups excluding carboxylic acids is 3. The maximum absolute atomic E-state index is 12.7. The SMILES string of the molecule is CN(C)c1ccc(C(=O)NN2C(=O)NC3(CCCCC3)C2=O)cc1[N+](=O)[O-]. The van der Waals surface area contributed by atoms with Gasteiger partial charge in [-0.15, -0.1) is 0 Å². The van der Waals surface area contributed by atoms with Crippen molar-refractivity contribution in [1.29, 1.82) is 0 Å². The molecule has 0 radical (unpaired) electrons. The molecule has 1 saturated heterocycles. The van der Waals surface area contributed by atoms with Gasteiger partial charge in [0, 0.05) is 25.7 Å². The van der Waals surface area contributed by atoms with Crippen LogP contribution in [0.25, 0.3) is 0 Å². The van der Waals surface area contributed by atoms with Gasteiger partial charge in [0.1, 0.15) is 11.2 Å². The second kappa shape index (κ2) is 6.86. The summed E-state index contributed by atoms with van der Waals surface area (Å²) in [4.78, 5) is 49.6. The standard InChI is InChI=1S/C17H21N5O5/c1-20(2)12-7-6-11(10-13(12)22(26)27)14(23)19-21-15(24)17(18-16(21)25)8-4-3-5-9-17/h6-7,10H,3-5,8-9H2,1-2H3,(H,18,25)(H,19,23). The molecule has 1 aromatic rings. The Morgan fingerprint density at radius 1 is 1.26 bits per heavy atom. The van der Waals surface area contributed by atoms with Crippen molar-refractivity contribution in [2.45, 2.75) is 37.6 Å². The van der Waals surface area contributed by atoms with Crippen LogP contribution in [0, 0.1) is 10.1 Å². The first-order chi connectivity index (χ1) is 12.7. The van der Waals surface area contributed by atoms with Gasteiger partial charge in [0.2, 0.25) is 0 Å². The molecule has 0 atom stereocenters. The molecule has 1 aliphatic carbocycles. The van der Waals surface area contributed by atoms with E-state index in [1.807, 2.05) is 0 Å². The number of benzene rings is 1. The third kappa shape index (κ3) is 3.29. The Hall–Kier alpha value is -3.17. The van der Waals surface area contributed by atoms with Crippen molar-refractivity contribution in [3.8, 4) is 0 Å². The van der Waals surface area contributed by atoms with Gasteiger partial charge in [0.15, 0.2) is 0 Å². The predicted octanol–water partition coefficient (Wildman–Crippen LogP) is 1.56. The van der Waals surface area contributed by atoms with Crippen LogP contribution in [0.5, 0.6) is 0 Å². The molecule has 1 heterocycles. The lowest BCUT2D eigenvalue weighted by Crippen LogP contribution is -2.50. The number of nitrogens with zero attached hydrogens (tertiary/aromatic N) is 3. The number of hydrogen-bond donors (Lipinski definition) is 2. The van der Waals surface area contributed by atoms with Crippen molar-refractivity contribution in [1.82, 2.24) is 15.8 Å². The number of rotatable bonds is 4. The van der Waals surface area contributed by atoms with Gasteiger partial charge in [-0.2, -0.15) is 5.01 Å². The second-order valence-electron chi connectivity index (χ2n) is 7.01. The lowest BCUT2D eigenvalue weighted by atomic mass is 9.82. The zero-order chi connectivity index (χ0) is 19.8. The highest BCUT2D eigenvalue weighted by molar-refractivity contribution is 6.09. The number of nitrogens with one attached hydrogen (secondary N) is 2. The predicted molar refractivity (Wildman–Crippen MR) is 96.1 cm³/mol. The minimum Gasteiger partial charge on any atom is -0.372 e. The van der Waals surface area contributed by atoms with Crippen molar-refractivity contribution >= 4 is 29.2 Å². The second-order valence-corrected chi connectivity index (χ2v) is 7.01. The Balaban J connectivity index is 1.81. The van der Waals surface area contributed by atoms with Crippen molar-refractivity contribution in [2.75, 3.05) is 19.0 Å². The molecule has 27 heavy (non-hydrogen) atoms. The number of hydrogen-bond acceptors (Lipinski definition) is 6. The van der Waals surface area contributed by atoms with E-state index in [-0.39, 0.29) is 11.3 Å². The van der Waals surface area contributed by atoms with Crippen LogP contribution in [0.4, 0.5) is 16.2 Å². The number of nitro benzene ring substituents is 1. The first kappa shape index (κ1) is 18.6. The fraction of sp³-hybridized carbons (Fsp3) is 0.471. The number of amides is 4. The number of hydrazine groups is 1. The third-order valence-electron chi connectivity index (χ3n) is 5.00. The van der Waals surface area contributed by atoms with Gasteiger partial charge in [-0.3, -0.25) is 25.1 Å². The maximum Gasteiger partial charge on any atom is 0.344 e. The molecule has 0 aromatic heterocycles. The average molecular weight is 375 g/mol. The molecule has 3 rings (SSSR count). The zero-order valence-corrected chi connectivity index (χ0v) is 15.2. The van der Waals surface area contributed by atoms with Gasteiger partial charge in [-0.25, -0.2) is 4.79 Å². The Morgan fingerprint density at radius 3 is 2.52 bits per heavy atom. The molecule has 1 spiro atoms. The molecule has 0 bridgehead atoms. The number of nitro groups is 1. The molecule has 10 nitrogen and oxygen atoms in total. The molecule has 1 saturated carbocycles. The summed E-state index contributed by atoms with van der Waals surface area (Å²) in [6, 6.07) is 3.29. The topological polar surface area (TPSA) is 125 Å². The zero-order valence-electron chi connectivity index (χ0n) is 15.2. The maximum atomic E-state index is 12.7. The van der Waals surface area contributed by atoms with Gasteiger partial charge in [-0.05, 0) is 25.0 Å². The number of anilines is 1. The van der Waals surface area contributed by atoms with Crippen molar-refractivity contribution in [2.24, 2.45) is 0 Å². The van der Waals surface area contributed by atoms with Crippen LogP contribution < -0.4 is 15.6 Å². The van der Waals surface area contributed by atoms with Crippen LogP contribution in [0.3, 0.4) is 0 Å². The van der Waals surface area contributed by atoms with E-state index in [1.54, 1.807) is 19.0 Å². The van der Waals surface area contributed by atoms with E-state index in [0.29, 0.717) is 23.5 Å². The van der Waals surface area contributed by atoms with Gasteiger partial charge in [-0.1, -0.05) is 19.3 Å². The van der Waals surface area contributed by atoms with Crippen LogP contribution in [-0.4, -0.2) is 47.4 Å². The average Bonchev–Trinajstić information content (AvgIpc) is 2.85. The largest absolute Gasteiger partial charge is 0.372 e. The van der Waals surface area contributed by atoms with Crippen molar-refractivity contribution < 1.29 is 19.3 Å². The molecule has 0 unspecified atom stereocenters. The summed E-state index contributed by atoms with van der Waals surface area (Å²) in [5, 5.41) is 14.6. The van der Waals surface area contributed by atoms with E-state index in [0.717, 1.165) is 25.3 Å². The van der Waals surface area contributed by atoms with Gasteiger partial charge < -0.3 is 10.2 Å². The Kier molecular flexibility index (Phi) is 4.73. The highest BCUT2D eigenvalue weighted by atomic mass is 16.6. The highest BCUT2D eigenvalue weighted by Gasteiger charge is 2.52. The van der Waals surface area contributed by atoms with E-state index in [2.05, 4.69) is 10.7 Å². The monoisotopic (exact) mass is 375 g/mol. The van der Waals surface area contributed by atoms with E-state index in [1.165, 1.54) is 12.1 Å². The van der Waals surface area contributed by atoms with Gasteiger partial charge >= 0.3 is 6.03 Å². The van der Waals surface area contributed by atoms with Crippen molar-refractivity contribution in [3.05, 3.63) is 33.9 Å². The van der Waals surface area contributed by atoms with E-state index in [9.17, 15) is 24.5 Å². The lowest BCUT2D eigenvalue weighted by molar-refractivity contribution is -0.384. The summed E-state index contributed by atoms with van der Waals surface area (Å²) in [5.74, 6) is -1.25. The third-order valence-corrected chi connectivity index (χ3v) is 5.00. The van der Waals surface area contributed by atoms with E-state index < -0.39 is 28.3 Å². The molecular formula is C17H21N5O5. The fourth-order valence-electron chi connectivity index (χ4n) is 3.57. The number of urea groups is 1. The highest BCUT2D eigenvalue weighted by Crippen LogP contribution is 2.33. The summed E-state index contributed by atoms with van der Waals surface area (Å²) in [6.07, 6.45) is 3.72. The van der Waals surface area contributed by atoms with Crippen LogP contribution >= 0.6 is 0 Å². The Bertz CT molecular complexity index is 816. The summed E-state index contributed by atoms with van der Waals surface area (Å²) in [7, 11) is 3.30. The fourth-order valence-corrected chi connectivity index (χ4v) is 3.57. The van der Waals surface area contributed by atoms with Gasteiger partial charge in [0.25, 0.3) is 17.5 Å². The summed E-state index contributed by atoms with van der Waals surface area (Å²) in [6.45, 7) is 0. The first-order valence-corrected chi connectivity index (χ1v) is 8.69. The first-order valence-electron chi connectivity index (χ1n) is 8.69. The molecule has 1 aliphatic heterocycles. The molecule has 10 heteroatoms. The number of carbonyl (C=O) groups is 3. The number of imide groups is 1. The summed E-state index contributed by atoms with van der Waals surface area (Å²) < 4.78 is 0. The Morgan fingerprint density at radius 2 is 1.93 bits per heavy atom. The smallest absolute Gasteiger partial charge is 0.344 e. The molecule has 2 fully saturated rings. The molecule has 4 amide bonds. The van der Waals surface area contributed by atoms with Crippen LogP contribution in [-0.2, 0) is 4.79 Å².